The van der Waals surface area contributed by atoms with Crippen LogP contribution >= 0.6 is 11.6 Å². The van der Waals surface area contributed by atoms with Gasteiger partial charge in [0.05, 0.1) is 17.3 Å². The molecule has 2 rings (SSSR count). The van der Waals surface area contributed by atoms with Crippen LogP contribution in [0.3, 0.4) is 0 Å². The summed E-state index contributed by atoms with van der Waals surface area (Å²) in [4.78, 5) is 16.0. The normalized spacial score (nSPS) is 11.8. The molecule has 0 bridgehead atoms. The van der Waals surface area contributed by atoms with Crippen LogP contribution in [0.15, 0.2) is 42.6 Å². The fourth-order valence-electron chi connectivity index (χ4n) is 1.82. The van der Waals surface area contributed by atoms with Gasteiger partial charge < -0.3 is 20.5 Å². The van der Waals surface area contributed by atoms with Crippen molar-refractivity contribution in [3.63, 3.8) is 0 Å². The maximum atomic E-state index is 11.8. The van der Waals surface area contributed by atoms with Gasteiger partial charge in [0.2, 0.25) is 5.91 Å². The SMILES string of the molecule is COCC(N)C(=O)Nc1ccc(OCc2ccccn2)c(Cl)c1. The van der Waals surface area contributed by atoms with Gasteiger partial charge in [-0.3, -0.25) is 9.78 Å². The molecule has 0 aliphatic rings. The zero-order valence-electron chi connectivity index (χ0n) is 12.7. The average Bonchev–Trinajstić information content (AvgIpc) is 2.55. The molecule has 3 N–H and O–H groups in total. The van der Waals surface area contributed by atoms with Crippen molar-refractivity contribution >= 4 is 23.2 Å². The molecule has 0 aliphatic heterocycles. The molecular formula is C16H18ClN3O3. The van der Waals surface area contributed by atoms with Crippen LogP contribution < -0.4 is 15.8 Å². The maximum Gasteiger partial charge on any atom is 0.243 e. The van der Waals surface area contributed by atoms with Crippen molar-refractivity contribution in [1.29, 1.82) is 0 Å². The number of benzene rings is 1. The highest BCUT2D eigenvalue weighted by Gasteiger charge is 2.14. The lowest BCUT2D eigenvalue weighted by molar-refractivity contribution is -0.118. The number of rotatable bonds is 7. The number of hydrogen-bond acceptors (Lipinski definition) is 5. The molecule has 0 aliphatic carbocycles. The topological polar surface area (TPSA) is 86.5 Å². The van der Waals surface area contributed by atoms with Gasteiger partial charge in [0, 0.05) is 19.0 Å². The minimum absolute atomic E-state index is 0.144. The number of methoxy groups -OCH3 is 1. The number of halogens is 1. The summed E-state index contributed by atoms with van der Waals surface area (Å²) in [7, 11) is 1.48. The first kappa shape index (κ1) is 17.2. The molecule has 1 amide bonds. The van der Waals surface area contributed by atoms with Crippen molar-refractivity contribution in [2.75, 3.05) is 19.0 Å². The van der Waals surface area contributed by atoms with Crippen LogP contribution in [0.25, 0.3) is 0 Å². The molecule has 2 aromatic rings. The number of aromatic nitrogens is 1. The van der Waals surface area contributed by atoms with Gasteiger partial charge in [-0.25, -0.2) is 0 Å². The molecule has 0 saturated heterocycles. The van der Waals surface area contributed by atoms with E-state index in [1.807, 2.05) is 18.2 Å². The summed E-state index contributed by atoms with van der Waals surface area (Å²) in [6.45, 7) is 0.454. The highest BCUT2D eigenvalue weighted by molar-refractivity contribution is 6.32. The van der Waals surface area contributed by atoms with E-state index in [1.165, 1.54) is 7.11 Å². The van der Waals surface area contributed by atoms with Gasteiger partial charge in [-0.1, -0.05) is 17.7 Å². The summed E-state index contributed by atoms with van der Waals surface area (Å²) in [6.07, 6.45) is 1.70. The summed E-state index contributed by atoms with van der Waals surface area (Å²) in [5.41, 5.74) is 6.99. The fourth-order valence-corrected chi connectivity index (χ4v) is 2.06. The molecule has 23 heavy (non-hydrogen) atoms. The van der Waals surface area contributed by atoms with Gasteiger partial charge in [-0.2, -0.15) is 0 Å². The lowest BCUT2D eigenvalue weighted by Crippen LogP contribution is -2.39. The number of anilines is 1. The Labute approximate surface area is 139 Å². The summed E-state index contributed by atoms with van der Waals surface area (Å²) >= 11 is 6.17. The molecule has 0 radical (unpaired) electrons. The van der Waals surface area contributed by atoms with Crippen LogP contribution in [0.1, 0.15) is 5.69 Å². The number of amides is 1. The van der Waals surface area contributed by atoms with Crippen molar-refractivity contribution in [1.82, 2.24) is 4.98 Å². The Hall–Kier alpha value is -2.15. The zero-order chi connectivity index (χ0) is 16.7. The van der Waals surface area contributed by atoms with Crippen molar-refractivity contribution in [2.24, 2.45) is 5.73 Å². The Morgan fingerprint density at radius 1 is 1.39 bits per heavy atom. The molecule has 1 atom stereocenters. The molecule has 1 heterocycles. The van der Waals surface area contributed by atoms with Crippen molar-refractivity contribution < 1.29 is 14.3 Å². The number of nitrogens with two attached hydrogens (primary N) is 1. The predicted molar refractivity (Wildman–Crippen MR) is 88.5 cm³/mol. The van der Waals surface area contributed by atoms with E-state index in [0.29, 0.717) is 23.1 Å². The first-order chi connectivity index (χ1) is 11.1. The summed E-state index contributed by atoms with van der Waals surface area (Å²) in [5, 5.41) is 3.06. The first-order valence-electron chi connectivity index (χ1n) is 6.98. The highest BCUT2D eigenvalue weighted by Crippen LogP contribution is 2.28. The van der Waals surface area contributed by atoms with Crippen molar-refractivity contribution in [3.8, 4) is 5.75 Å². The molecule has 0 spiro atoms. The van der Waals surface area contributed by atoms with E-state index in [1.54, 1.807) is 24.4 Å². The Balaban J connectivity index is 1.96. The third-order valence-electron chi connectivity index (χ3n) is 2.98. The average molecular weight is 336 g/mol. The summed E-state index contributed by atoms with van der Waals surface area (Å²) < 4.78 is 10.5. The third kappa shape index (κ3) is 5.21. The summed E-state index contributed by atoms with van der Waals surface area (Å²) in [5.74, 6) is 0.168. The molecule has 1 aromatic carbocycles. The van der Waals surface area contributed by atoms with Gasteiger partial charge in [-0.15, -0.1) is 0 Å². The standard InChI is InChI=1S/C16H18ClN3O3/c1-22-10-14(18)16(21)20-11-5-6-15(13(17)8-11)23-9-12-4-2-3-7-19-12/h2-8,14H,9-10,18H2,1H3,(H,20,21). The second-order valence-electron chi connectivity index (χ2n) is 4.81. The Morgan fingerprint density at radius 3 is 2.87 bits per heavy atom. The minimum Gasteiger partial charge on any atom is -0.486 e. The van der Waals surface area contributed by atoms with E-state index in [0.717, 1.165) is 5.69 Å². The number of pyridine rings is 1. The van der Waals surface area contributed by atoms with E-state index < -0.39 is 6.04 Å². The monoisotopic (exact) mass is 335 g/mol. The summed E-state index contributed by atoms with van der Waals surface area (Å²) in [6, 6.07) is 9.82. The Kier molecular flexibility index (Phi) is 6.34. The second-order valence-corrected chi connectivity index (χ2v) is 5.21. The van der Waals surface area contributed by atoms with Gasteiger partial charge in [0.25, 0.3) is 0 Å². The lowest BCUT2D eigenvalue weighted by Gasteiger charge is -2.13. The van der Waals surface area contributed by atoms with E-state index in [4.69, 9.17) is 26.8 Å². The zero-order valence-corrected chi connectivity index (χ0v) is 13.4. The lowest BCUT2D eigenvalue weighted by atomic mass is 10.2. The molecular weight excluding hydrogens is 318 g/mol. The molecule has 7 heteroatoms. The molecule has 1 aromatic heterocycles. The number of hydrogen-bond donors (Lipinski definition) is 2. The van der Waals surface area contributed by atoms with E-state index in [2.05, 4.69) is 10.3 Å². The van der Waals surface area contributed by atoms with Crippen LogP contribution in [0.2, 0.25) is 5.02 Å². The van der Waals surface area contributed by atoms with E-state index in [9.17, 15) is 4.79 Å². The number of nitrogens with zero attached hydrogens (tertiary/aromatic N) is 1. The van der Waals surface area contributed by atoms with Gasteiger partial charge in [0.1, 0.15) is 18.4 Å². The largest absolute Gasteiger partial charge is 0.486 e. The quantitative estimate of drug-likeness (QED) is 0.810. The number of carbonyl (C=O) groups excluding carboxylic acids is 1. The Morgan fingerprint density at radius 2 is 2.22 bits per heavy atom. The number of carbonyl (C=O) groups is 1. The third-order valence-corrected chi connectivity index (χ3v) is 3.28. The van der Waals surface area contributed by atoms with Crippen molar-refractivity contribution in [2.45, 2.75) is 12.6 Å². The highest BCUT2D eigenvalue weighted by atomic mass is 35.5. The van der Waals surface area contributed by atoms with Crippen molar-refractivity contribution in [3.05, 3.63) is 53.3 Å². The van der Waals surface area contributed by atoms with Crippen LogP contribution in [-0.4, -0.2) is 30.6 Å². The minimum atomic E-state index is -0.737. The molecule has 0 fully saturated rings. The van der Waals surface area contributed by atoms with Crippen LogP contribution in [0.4, 0.5) is 5.69 Å². The molecule has 0 saturated carbocycles. The number of nitrogens with one attached hydrogen (secondary N) is 1. The van der Waals surface area contributed by atoms with E-state index >= 15 is 0 Å². The number of ether oxygens (including phenoxy) is 2. The van der Waals surface area contributed by atoms with Crippen LogP contribution in [-0.2, 0) is 16.1 Å². The Bertz CT molecular complexity index is 652. The molecule has 6 nitrogen and oxygen atoms in total. The second kappa shape index (κ2) is 8.47. The predicted octanol–water partition coefficient (Wildman–Crippen LogP) is 2.23. The smallest absolute Gasteiger partial charge is 0.243 e. The van der Waals surface area contributed by atoms with Crippen LogP contribution in [0.5, 0.6) is 5.75 Å². The molecule has 122 valence electrons. The van der Waals surface area contributed by atoms with Gasteiger partial charge >= 0.3 is 0 Å². The van der Waals surface area contributed by atoms with Gasteiger partial charge in [-0.05, 0) is 30.3 Å². The molecule has 1 unspecified atom stereocenters. The maximum absolute atomic E-state index is 11.8. The fraction of sp³-hybridized carbons (Fsp3) is 0.250. The van der Waals surface area contributed by atoms with Crippen LogP contribution in [0, 0.1) is 0 Å². The first-order valence-corrected chi connectivity index (χ1v) is 7.35. The van der Waals surface area contributed by atoms with E-state index in [-0.39, 0.29) is 12.5 Å². The van der Waals surface area contributed by atoms with Gasteiger partial charge in [0.15, 0.2) is 0 Å².